The highest BCUT2D eigenvalue weighted by Gasteiger charge is 2.16. The zero-order valence-electron chi connectivity index (χ0n) is 43.3. The van der Waals surface area contributed by atoms with Gasteiger partial charge >= 0.3 is 11.9 Å². The quantitative estimate of drug-likeness (QED) is 0.0374. The molecule has 0 saturated heterocycles. The molecule has 0 aromatic rings. The lowest BCUT2D eigenvalue weighted by atomic mass is 10.0. The van der Waals surface area contributed by atoms with Crippen LogP contribution < -0.4 is 0 Å². The van der Waals surface area contributed by atoms with E-state index in [2.05, 4.69) is 172 Å². The van der Waals surface area contributed by atoms with E-state index in [4.69, 9.17) is 9.47 Å². The highest BCUT2D eigenvalue weighted by molar-refractivity contribution is 5.70. The summed E-state index contributed by atoms with van der Waals surface area (Å²) in [6.07, 6.45) is 87.7. The molecule has 0 bridgehead atoms. The number of carbonyl (C=O) groups is 2. The van der Waals surface area contributed by atoms with Crippen LogP contribution in [0, 0.1) is 0 Å². The van der Waals surface area contributed by atoms with Gasteiger partial charge in [-0.3, -0.25) is 9.59 Å². The smallest absolute Gasteiger partial charge is 0.306 e. The van der Waals surface area contributed by atoms with Gasteiger partial charge < -0.3 is 14.6 Å². The van der Waals surface area contributed by atoms with E-state index in [9.17, 15) is 14.7 Å². The normalized spacial score (nSPS) is 13.5. The molecule has 0 heterocycles. The third-order valence-corrected chi connectivity index (χ3v) is 10.8. The summed E-state index contributed by atoms with van der Waals surface area (Å²) in [6, 6.07) is 0. The topological polar surface area (TPSA) is 72.8 Å². The molecule has 0 amide bonds. The molecule has 0 rings (SSSR count). The van der Waals surface area contributed by atoms with Gasteiger partial charge in [-0.1, -0.05) is 236 Å². The summed E-state index contributed by atoms with van der Waals surface area (Å²) >= 11 is 0. The fourth-order valence-electron chi connectivity index (χ4n) is 6.84. The van der Waals surface area contributed by atoms with Crippen molar-refractivity contribution in [3.63, 3.8) is 0 Å². The third-order valence-electron chi connectivity index (χ3n) is 10.8. The van der Waals surface area contributed by atoms with Gasteiger partial charge in [-0.05, 0) is 116 Å². The fourth-order valence-corrected chi connectivity index (χ4v) is 6.84. The Labute approximate surface area is 418 Å². The average molecular weight is 935 g/mol. The van der Waals surface area contributed by atoms with Crippen LogP contribution in [-0.4, -0.2) is 36.4 Å². The van der Waals surface area contributed by atoms with E-state index in [1.807, 2.05) is 0 Å². The predicted octanol–water partition coefficient (Wildman–Crippen LogP) is 18.4. The second-order valence-electron chi connectivity index (χ2n) is 17.2. The predicted molar refractivity (Wildman–Crippen MR) is 297 cm³/mol. The highest BCUT2D eigenvalue weighted by Crippen LogP contribution is 2.14. The lowest BCUT2D eigenvalue weighted by Crippen LogP contribution is -2.28. The number of unbranched alkanes of at least 4 members (excludes halogenated alkanes) is 13. The Balaban J connectivity index is 3.64. The minimum absolute atomic E-state index is 0.101. The zero-order valence-corrected chi connectivity index (χ0v) is 43.3. The van der Waals surface area contributed by atoms with Crippen LogP contribution in [0.4, 0.5) is 0 Å². The molecule has 68 heavy (non-hydrogen) atoms. The maximum absolute atomic E-state index is 12.3. The summed E-state index contributed by atoms with van der Waals surface area (Å²) in [4.78, 5) is 24.5. The van der Waals surface area contributed by atoms with E-state index in [1.165, 1.54) is 64.2 Å². The Morgan fingerprint density at radius 1 is 0.338 bits per heavy atom. The Bertz CT molecular complexity index is 1520. The van der Waals surface area contributed by atoms with Crippen molar-refractivity contribution in [1.29, 1.82) is 0 Å². The first kappa shape index (κ1) is 63.5. The average Bonchev–Trinajstić information content (AvgIpc) is 3.34. The number of aliphatic hydroxyl groups excluding tert-OH is 1. The van der Waals surface area contributed by atoms with Crippen molar-refractivity contribution in [1.82, 2.24) is 0 Å². The van der Waals surface area contributed by atoms with Crippen molar-refractivity contribution in [2.75, 3.05) is 13.2 Å². The molecule has 5 heteroatoms. The van der Waals surface area contributed by atoms with Crippen LogP contribution in [0.2, 0.25) is 0 Å². The van der Waals surface area contributed by atoms with E-state index in [1.54, 1.807) is 0 Å². The minimum Gasteiger partial charge on any atom is -0.462 e. The van der Waals surface area contributed by atoms with Crippen LogP contribution in [0.15, 0.2) is 158 Å². The van der Waals surface area contributed by atoms with Crippen molar-refractivity contribution < 1.29 is 24.2 Å². The summed E-state index contributed by atoms with van der Waals surface area (Å²) in [6.45, 7) is 3.85. The molecule has 1 unspecified atom stereocenters. The number of carbonyl (C=O) groups excluding carboxylic acids is 2. The molecule has 5 nitrogen and oxygen atoms in total. The number of ether oxygens (including phenoxy) is 2. The maximum atomic E-state index is 12.3. The Hall–Kier alpha value is -4.48. The Morgan fingerprint density at radius 2 is 0.603 bits per heavy atom. The summed E-state index contributed by atoms with van der Waals surface area (Å²) in [5.74, 6) is -0.674. The van der Waals surface area contributed by atoms with Crippen molar-refractivity contribution in [3.05, 3.63) is 158 Å². The SMILES string of the molecule is CC/C=C\C/C=C\C/C=C\C/C=C\C/C=C\C/C=C\C/C=C\CCCC(=O)OC(CO)COC(=O)CCCCCCCCCCCCCC/C=C\C/C=C\C/C=C\C/C=C\C/C=C\C/C=C\CC. The molecule has 0 aliphatic heterocycles. The Kier molecular flexibility index (Phi) is 53.1. The molecule has 0 aromatic carbocycles. The summed E-state index contributed by atoms with van der Waals surface area (Å²) in [5, 5.41) is 9.63. The van der Waals surface area contributed by atoms with E-state index in [0.717, 1.165) is 109 Å². The molecule has 380 valence electrons. The molecule has 0 aliphatic carbocycles. The third kappa shape index (κ3) is 54.1. The first-order chi connectivity index (χ1) is 33.6. The molecule has 0 aliphatic rings. The van der Waals surface area contributed by atoms with Gasteiger partial charge in [0.15, 0.2) is 6.10 Å². The lowest BCUT2D eigenvalue weighted by molar-refractivity contribution is -0.161. The lowest BCUT2D eigenvalue weighted by Gasteiger charge is -2.15. The number of esters is 2. The molecule has 0 fully saturated rings. The first-order valence-electron chi connectivity index (χ1n) is 27.0. The molecule has 1 atom stereocenters. The number of aliphatic hydroxyl groups is 1. The second kappa shape index (κ2) is 56.8. The van der Waals surface area contributed by atoms with Crippen LogP contribution in [0.3, 0.4) is 0 Å². The van der Waals surface area contributed by atoms with Gasteiger partial charge in [0.1, 0.15) is 6.61 Å². The molecular weight excluding hydrogens is 837 g/mol. The maximum Gasteiger partial charge on any atom is 0.306 e. The van der Waals surface area contributed by atoms with Crippen LogP contribution >= 0.6 is 0 Å². The highest BCUT2D eigenvalue weighted by atomic mass is 16.6. The van der Waals surface area contributed by atoms with Crippen molar-refractivity contribution in [3.8, 4) is 0 Å². The monoisotopic (exact) mass is 935 g/mol. The molecule has 0 radical (unpaired) electrons. The van der Waals surface area contributed by atoms with Crippen LogP contribution in [0.25, 0.3) is 0 Å². The summed E-state index contributed by atoms with van der Waals surface area (Å²) < 4.78 is 10.6. The number of hydrogen-bond acceptors (Lipinski definition) is 5. The number of hydrogen-bond donors (Lipinski definition) is 1. The first-order valence-corrected chi connectivity index (χ1v) is 27.0. The van der Waals surface area contributed by atoms with Gasteiger partial charge in [0.25, 0.3) is 0 Å². The van der Waals surface area contributed by atoms with E-state index >= 15 is 0 Å². The van der Waals surface area contributed by atoms with Crippen LogP contribution in [0.1, 0.15) is 206 Å². The van der Waals surface area contributed by atoms with Crippen molar-refractivity contribution in [2.24, 2.45) is 0 Å². The largest absolute Gasteiger partial charge is 0.462 e. The summed E-state index contributed by atoms with van der Waals surface area (Å²) in [7, 11) is 0. The minimum atomic E-state index is -0.816. The second-order valence-corrected chi connectivity index (χ2v) is 17.2. The zero-order chi connectivity index (χ0) is 49.2. The Morgan fingerprint density at radius 3 is 0.926 bits per heavy atom. The van der Waals surface area contributed by atoms with Crippen LogP contribution in [0.5, 0.6) is 0 Å². The van der Waals surface area contributed by atoms with Gasteiger partial charge in [0.05, 0.1) is 6.61 Å². The van der Waals surface area contributed by atoms with Crippen molar-refractivity contribution >= 4 is 11.9 Å². The van der Waals surface area contributed by atoms with Gasteiger partial charge in [0.2, 0.25) is 0 Å². The van der Waals surface area contributed by atoms with E-state index in [-0.39, 0.29) is 31.6 Å². The fraction of sp³-hybridized carbons (Fsp3) is 0.556. The molecule has 0 saturated carbocycles. The molecule has 0 spiro atoms. The van der Waals surface area contributed by atoms with E-state index < -0.39 is 6.10 Å². The summed E-state index contributed by atoms with van der Waals surface area (Å²) in [5.41, 5.74) is 0. The number of allylic oxidation sites excluding steroid dienone is 26. The number of rotatable bonds is 47. The van der Waals surface area contributed by atoms with Crippen molar-refractivity contribution in [2.45, 2.75) is 213 Å². The van der Waals surface area contributed by atoms with Crippen LogP contribution in [-0.2, 0) is 19.1 Å². The van der Waals surface area contributed by atoms with E-state index in [0.29, 0.717) is 12.8 Å². The van der Waals surface area contributed by atoms with Gasteiger partial charge in [-0.2, -0.15) is 0 Å². The molecule has 0 aromatic heterocycles. The van der Waals surface area contributed by atoms with Gasteiger partial charge in [-0.25, -0.2) is 0 Å². The van der Waals surface area contributed by atoms with Gasteiger partial charge in [-0.15, -0.1) is 0 Å². The molecular formula is C63H98O5. The standard InChI is InChI=1S/C63H98O5/c1-3-5-7-9-11-13-15-17-19-21-23-25-27-28-29-30-31-32-33-34-36-37-39-41-43-45-47-49-51-53-55-57-62(65)67-60-61(59-64)68-63(66)58-56-54-52-50-48-46-44-42-40-38-35-26-24-22-20-18-16-14-12-10-8-6-4-2/h5-8,11-14,17-20,23-26,28-29,31-32,38,40,44,46,50,52,61,64H,3-4,9-10,15-16,21-22,27,30,33-37,39,41-43,45,47-49,51,53-60H2,1-2H3/b7-5-,8-6-,13-11-,14-12-,19-17-,20-18-,25-23-,26-24-,29-28-,32-31-,40-38-,46-44-,52-50-. The molecule has 1 N–H and O–H groups in total. The van der Waals surface area contributed by atoms with Gasteiger partial charge in [0, 0.05) is 12.8 Å².